The van der Waals surface area contributed by atoms with Crippen molar-refractivity contribution in [2.24, 2.45) is 0 Å². The van der Waals surface area contributed by atoms with E-state index >= 15 is 0 Å². The number of piperidine rings is 1. The lowest BCUT2D eigenvalue weighted by Gasteiger charge is -2.35. The van der Waals surface area contributed by atoms with E-state index in [-0.39, 0.29) is 5.91 Å². The highest BCUT2D eigenvalue weighted by Gasteiger charge is 2.26. The van der Waals surface area contributed by atoms with Gasteiger partial charge in [-0.15, -0.1) is 0 Å². The van der Waals surface area contributed by atoms with Gasteiger partial charge in [0.05, 0.1) is 5.56 Å². The van der Waals surface area contributed by atoms with E-state index in [4.69, 9.17) is 0 Å². The summed E-state index contributed by atoms with van der Waals surface area (Å²) >= 11 is 0. The van der Waals surface area contributed by atoms with Crippen LogP contribution in [0.1, 0.15) is 43.0 Å². The van der Waals surface area contributed by atoms with Crippen LogP contribution in [0, 0.1) is 0 Å². The minimum Gasteiger partial charge on any atom is -0.336 e. The molecule has 1 atom stereocenters. The van der Waals surface area contributed by atoms with Crippen LogP contribution in [0.5, 0.6) is 0 Å². The quantitative estimate of drug-likeness (QED) is 0.870. The fourth-order valence-corrected chi connectivity index (χ4v) is 3.03. The maximum atomic E-state index is 12.7. The van der Waals surface area contributed by atoms with Crippen molar-refractivity contribution in [2.45, 2.75) is 38.6 Å². The lowest BCUT2D eigenvalue weighted by Crippen LogP contribution is -2.43. The maximum Gasteiger partial charge on any atom is 0.257 e. The number of hydrogen-bond donors (Lipinski definition) is 0. The molecule has 0 bridgehead atoms. The first-order chi connectivity index (χ1) is 10.8. The highest BCUT2D eigenvalue weighted by atomic mass is 16.2. The fourth-order valence-electron chi connectivity index (χ4n) is 3.03. The third kappa shape index (κ3) is 3.01. The molecular weight excluding hydrogens is 274 g/mol. The number of nitrogens with zero attached hydrogens (tertiary/aromatic N) is 3. The molecule has 4 nitrogen and oxygen atoms in total. The lowest BCUT2D eigenvalue weighted by molar-refractivity contribution is 0.0607. The Labute approximate surface area is 131 Å². The number of benzene rings is 1. The Morgan fingerprint density at radius 1 is 1.18 bits per heavy atom. The standard InChI is InChI=1S/C18H21N3O/c1-2-16-10-6-7-11-21(16)18(22)15-12-19-17(20-13-15)14-8-4-3-5-9-14/h3-5,8-9,12-13,16H,2,6-7,10-11H2,1H3. The third-order valence-corrected chi connectivity index (χ3v) is 4.29. The topological polar surface area (TPSA) is 46.1 Å². The van der Waals surface area contributed by atoms with E-state index in [9.17, 15) is 4.79 Å². The van der Waals surface area contributed by atoms with Crippen molar-refractivity contribution in [3.05, 3.63) is 48.3 Å². The second-order valence-electron chi connectivity index (χ2n) is 5.72. The van der Waals surface area contributed by atoms with Crippen LogP contribution in [-0.4, -0.2) is 33.4 Å². The molecule has 0 N–H and O–H groups in total. The molecule has 0 spiro atoms. The molecule has 1 unspecified atom stereocenters. The summed E-state index contributed by atoms with van der Waals surface area (Å²) in [6.07, 6.45) is 7.72. The van der Waals surface area contributed by atoms with E-state index in [2.05, 4.69) is 16.9 Å². The number of likely N-dealkylation sites (tertiary alicyclic amines) is 1. The Morgan fingerprint density at radius 2 is 1.91 bits per heavy atom. The average Bonchev–Trinajstić information content (AvgIpc) is 2.62. The van der Waals surface area contributed by atoms with Gasteiger partial charge in [-0.1, -0.05) is 37.3 Å². The second-order valence-corrected chi connectivity index (χ2v) is 5.72. The van der Waals surface area contributed by atoms with Gasteiger partial charge in [-0.3, -0.25) is 4.79 Å². The number of carbonyl (C=O) groups is 1. The summed E-state index contributed by atoms with van der Waals surface area (Å²) < 4.78 is 0. The highest BCUT2D eigenvalue weighted by molar-refractivity contribution is 5.94. The first-order valence-corrected chi connectivity index (χ1v) is 7.98. The molecule has 0 aliphatic carbocycles. The van der Waals surface area contributed by atoms with Gasteiger partial charge < -0.3 is 4.90 Å². The Morgan fingerprint density at radius 3 is 2.59 bits per heavy atom. The Balaban J connectivity index is 1.79. The Bertz CT molecular complexity index is 625. The number of amides is 1. The zero-order chi connectivity index (χ0) is 15.4. The first kappa shape index (κ1) is 14.7. The Kier molecular flexibility index (Phi) is 4.47. The monoisotopic (exact) mass is 295 g/mol. The summed E-state index contributed by atoms with van der Waals surface area (Å²) in [5.74, 6) is 0.717. The molecule has 1 fully saturated rings. The average molecular weight is 295 g/mol. The summed E-state index contributed by atoms with van der Waals surface area (Å²) in [5, 5.41) is 0. The second kappa shape index (κ2) is 6.69. The van der Waals surface area contributed by atoms with E-state index in [1.54, 1.807) is 12.4 Å². The number of carbonyl (C=O) groups excluding carboxylic acids is 1. The molecule has 3 rings (SSSR count). The zero-order valence-electron chi connectivity index (χ0n) is 12.9. The number of hydrogen-bond acceptors (Lipinski definition) is 3. The van der Waals surface area contributed by atoms with Crippen LogP contribution in [-0.2, 0) is 0 Å². The lowest BCUT2D eigenvalue weighted by atomic mass is 9.99. The van der Waals surface area contributed by atoms with Crippen LogP contribution in [0.3, 0.4) is 0 Å². The SMILES string of the molecule is CCC1CCCCN1C(=O)c1cnc(-c2ccccc2)nc1. The van der Waals surface area contributed by atoms with Gasteiger partial charge in [0.15, 0.2) is 5.82 Å². The molecule has 2 heterocycles. The Hall–Kier alpha value is -2.23. The highest BCUT2D eigenvalue weighted by Crippen LogP contribution is 2.22. The van der Waals surface area contributed by atoms with E-state index < -0.39 is 0 Å². The molecule has 22 heavy (non-hydrogen) atoms. The molecule has 0 radical (unpaired) electrons. The van der Waals surface area contributed by atoms with Gasteiger partial charge in [-0.25, -0.2) is 9.97 Å². The van der Waals surface area contributed by atoms with Crippen molar-refractivity contribution >= 4 is 5.91 Å². The third-order valence-electron chi connectivity index (χ3n) is 4.29. The van der Waals surface area contributed by atoms with Crippen molar-refractivity contribution in [2.75, 3.05) is 6.54 Å². The van der Waals surface area contributed by atoms with Crippen molar-refractivity contribution < 1.29 is 4.79 Å². The molecule has 1 amide bonds. The van der Waals surface area contributed by atoms with Gasteiger partial charge in [-0.05, 0) is 25.7 Å². The predicted molar refractivity (Wildman–Crippen MR) is 86.4 cm³/mol. The summed E-state index contributed by atoms with van der Waals surface area (Å²) in [4.78, 5) is 23.4. The van der Waals surface area contributed by atoms with Crippen LogP contribution in [0.25, 0.3) is 11.4 Å². The molecular formula is C18H21N3O. The summed E-state index contributed by atoms with van der Waals surface area (Å²) in [7, 11) is 0. The molecule has 1 aliphatic heterocycles. The molecule has 4 heteroatoms. The number of rotatable bonds is 3. The van der Waals surface area contributed by atoms with Gasteiger partial charge in [0, 0.05) is 30.5 Å². The summed E-state index contributed by atoms with van der Waals surface area (Å²) in [6.45, 7) is 2.99. The normalized spacial score (nSPS) is 18.2. The molecule has 1 aromatic carbocycles. The molecule has 1 aliphatic rings. The van der Waals surface area contributed by atoms with Crippen LogP contribution in [0.2, 0.25) is 0 Å². The van der Waals surface area contributed by atoms with Gasteiger partial charge in [0.25, 0.3) is 5.91 Å². The zero-order valence-corrected chi connectivity index (χ0v) is 12.9. The molecule has 2 aromatic rings. The molecule has 1 saturated heterocycles. The predicted octanol–water partition coefficient (Wildman–Crippen LogP) is 3.55. The minimum absolute atomic E-state index is 0.0613. The van der Waals surface area contributed by atoms with E-state index in [0.29, 0.717) is 17.4 Å². The van der Waals surface area contributed by atoms with Crippen LogP contribution in [0.4, 0.5) is 0 Å². The van der Waals surface area contributed by atoms with Crippen LogP contribution in [0.15, 0.2) is 42.7 Å². The molecule has 114 valence electrons. The van der Waals surface area contributed by atoms with Crippen LogP contribution < -0.4 is 0 Å². The van der Waals surface area contributed by atoms with Gasteiger partial charge in [-0.2, -0.15) is 0 Å². The van der Waals surface area contributed by atoms with Crippen molar-refractivity contribution in [1.82, 2.24) is 14.9 Å². The smallest absolute Gasteiger partial charge is 0.257 e. The largest absolute Gasteiger partial charge is 0.336 e. The molecule has 1 aromatic heterocycles. The molecule has 0 saturated carbocycles. The van der Waals surface area contributed by atoms with Gasteiger partial charge in [0.1, 0.15) is 0 Å². The van der Waals surface area contributed by atoms with E-state index in [1.807, 2.05) is 35.2 Å². The van der Waals surface area contributed by atoms with Crippen molar-refractivity contribution in [1.29, 1.82) is 0 Å². The van der Waals surface area contributed by atoms with E-state index in [1.165, 1.54) is 6.42 Å². The maximum absolute atomic E-state index is 12.7. The number of aromatic nitrogens is 2. The van der Waals surface area contributed by atoms with Crippen molar-refractivity contribution in [3.8, 4) is 11.4 Å². The van der Waals surface area contributed by atoms with Gasteiger partial charge >= 0.3 is 0 Å². The summed E-state index contributed by atoms with van der Waals surface area (Å²) in [6, 6.07) is 10.2. The summed E-state index contributed by atoms with van der Waals surface area (Å²) in [5.41, 5.74) is 1.55. The minimum atomic E-state index is 0.0613. The van der Waals surface area contributed by atoms with Gasteiger partial charge in [0.2, 0.25) is 0 Å². The van der Waals surface area contributed by atoms with Crippen LogP contribution >= 0.6 is 0 Å². The van der Waals surface area contributed by atoms with Crippen molar-refractivity contribution in [3.63, 3.8) is 0 Å². The first-order valence-electron chi connectivity index (χ1n) is 7.98. The fraction of sp³-hybridized carbons (Fsp3) is 0.389. The van der Waals surface area contributed by atoms with E-state index in [0.717, 1.165) is 31.4 Å².